The van der Waals surface area contributed by atoms with Crippen molar-refractivity contribution in [2.24, 2.45) is 0 Å². The molecule has 0 aliphatic heterocycles. The lowest BCUT2D eigenvalue weighted by molar-refractivity contribution is 0.0983. The average molecular weight is 347 g/mol. The van der Waals surface area contributed by atoms with E-state index < -0.39 is 0 Å². The van der Waals surface area contributed by atoms with Gasteiger partial charge in [0.2, 0.25) is 0 Å². The van der Waals surface area contributed by atoms with E-state index in [0.29, 0.717) is 12.2 Å². The standard InChI is InChI=1S/C20H26OS2/c1-3-4-5-6-7-8-9-10-11-17(21)18-14-15-20(23-18)19-13-12-16(2)22-19/h3,12-15H,1,4-11H2,2H3. The van der Waals surface area contributed by atoms with E-state index in [4.69, 9.17) is 0 Å². The zero-order valence-electron chi connectivity index (χ0n) is 14.0. The molecule has 0 atom stereocenters. The smallest absolute Gasteiger partial charge is 0.172 e. The highest BCUT2D eigenvalue weighted by Crippen LogP contribution is 2.33. The summed E-state index contributed by atoms with van der Waals surface area (Å²) >= 11 is 3.43. The molecule has 0 aliphatic rings. The molecule has 0 saturated carbocycles. The number of rotatable bonds is 11. The molecule has 0 aromatic carbocycles. The summed E-state index contributed by atoms with van der Waals surface area (Å²) in [6.07, 6.45) is 11.1. The molecule has 1 nitrogen and oxygen atoms in total. The number of hydrogen-bond donors (Lipinski definition) is 0. The van der Waals surface area contributed by atoms with Crippen molar-refractivity contribution in [3.63, 3.8) is 0 Å². The van der Waals surface area contributed by atoms with E-state index >= 15 is 0 Å². The van der Waals surface area contributed by atoms with Gasteiger partial charge in [-0.15, -0.1) is 29.3 Å². The normalized spacial score (nSPS) is 10.8. The van der Waals surface area contributed by atoms with Crippen LogP contribution in [0.25, 0.3) is 9.75 Å². The van der Waals surface area contributed by atoms with E-state index in [1.807, 2.05) is 12.1 Å². The fourth-order valence-corrected chi connectivity index (χ4v) is 4.52. The second-order valence-corrected chi connectivity index (χ2v) is 8.32. The Kier molecular flexibility index (Phi) is 7.77. The molecule has 0 spiro atoms. The summed E-state index contributed by atoms with van der Waals surface area (Å²) in [6, 6.07) is 8.36. The van der Waals surface area contributed by atoms with E-state index in [2.05, 4.69) is 31.7 Å². The Bertz CT molecular complexity index is 621. The maximum Gasteiger partial charge on any atom is 0.172 e. The van der Waals surface area contributed by atoms with Crippen molar-refractivity contribution in [3.05, 3.63) is 46.7 Å². The van der Waals surface area contributed by atoms with Gasteiger partial charge in [-0.05, 0) is 50.5 Å². The van der Waals surface area contributed by atoms with Crippen molar-refractivity contribution < 1.29 is 4.79 Å². The molecule has 0 aliphatic carbocycles. The predicted octanol–water partition coefficient (Wildman–Crippen LogP) is 7.27. The molecule has 0 amide bonds. The fourth-order valence-electron chi connectivity index (χ4n) is 2.59. The number of Topliss-reactive ketones (excluding diaryl/α,β-unsaturated/α-hetero) is 1. The Balaban J connectivity index is 1.68. The SMILES string of the molecule is C=CCCCCCCCCC(=O)c1ccc(-c2ccc(C)s2)s1. The van der Waals surface area contributed by atoms with E-state index in [1.165, 1.54) is 46.7 Å². The molecule has 0 bridgehead atoms. The van der Waals surface area contributed by atoms with Gasteiger partial charge in [0.25, 0.3) is 0 Å². The number of ketones is 1. The van der Waals surface area contributed by atoms with Crippen LogP contribution in [-0.4, -0.2) is 5.78 Å². The number of hydrogen-bond acceptors (Lipinski definition) is 3. The Morgan fingerprint density at radius 3 is 2.30 bits per heavy atom. The van der Waals surface area contributed by atoms with Gasteiger partial charge in [0.15, 0.2) is 5.78 Å². The van der Waals surface area contributed by atoms with Crippen LogP contribution in [0.2, 0.25) is 0 Å². The molecule has 2 aromatic rings. The fraction of sp³-hybridized carbons (Fsp3) is 0.450. The van der Waals surface area contributed by atoms with Crippen molar-refractivity contribution in [1.82, 2.24) is 0 Å². The monoisotopic (exact) mass is 346 g/mol. The van der Waals surface area contributed by atoms with Crippen molar-refractivity contribution >= 4 is 28.5 Å². The van der Waals surface area contributed by atoms with Gasteiger partial charge in [-0.1, -0.05) is 31.8 Å². The topological polar surface area (TPSA) is 17.1 Å². The third-order valence-corrected chi connectivity index (χ3v) is 6.25. The Morgan fingerprint density at radius 1 is 0.957 bits per heavy atom. The summed E-state index contributed by atoms with van der Waals surface area (Å²) < 4.78 is 0. The van der Waals surface area contributed by atoms with Crippen LogP contribution in [0.1, 0.15) is 65.9 Å². The Labute approximate surface area is 148 Å². The van der Waals surface area contributed by atoms with Crippen LogP contribution in [-0.2, 0) is 0 Å². The zero-order chi connectivity index (χ0) is 16.5. The molecule has 0 unspecified atom stereocenters. The summed E-state index contributed by atoms with van der Waals surface area (Å²) in [5, 5.41) is 0. The van der Waals surface area contributed by atoms with E-state index in [0.717, 1.165) is 17.7 Å². The van der Waals surface area contributed by atoms with Crippen LogP contribution in [0.3, 0.4) is 0 Å². The maximum absolute atomic E-state index is 12.3. The summed E-state index contributed by atoms with van der Waals surface area (Å²) in [7, 11) is 0. The number of aryl methyl sites for hydroxylation is 1. The lowest BCUT2D eigenvalue weighted by Gasteiger charge is -2.00. The molecule has 0 radical (unpaired) electrons. The number of carbonyl (C=O) groups excluding carboxylic acids is 1. The van der Waals surface area contributed by atoms with E-state index in [1.54, 1.807) is 22.7 Å². The third kappa shape index (κ3) is 6.08. The highest BCUT2D eigenvalue weighted by atomic mass is 32.1. The predicted molar refractivity (Wildman–Crippen MR) is 104 cm³/mol. The van der Waals surface area contributed by atoms with Gasteiger partial charge in [-0.2, -0.15) is 0 Å². The van der Waals surface area contributed by atoms with Crippen LogP contribution < -0.4 is 0 Å². The van der Waals surface area contributed by atoms with Crippen molar-refractivity contribution in [1.29, 1.82) is 0 Å². The zero-order valence-corrected chi connectivity index (χ0v) is 15.6. The van der Waals surface area contributed by atoms with Crippen LogP contribution in [0, 0.1) is 6.92 Å². The lowest BCUT2D eigenvalue weighted by atomic mass is 10.1. The van der Waals surface area contributed by atoms with Crippen LogP contribution in [0.15, 0.2) is 36.9 Å². The first-order valence-corrected chi connectivity index (χ1v) is 10.1. The molecule has 2 heterocycles. The minimum absolute atomic E-state index is 0.307. The minimum Gasteiger partial charge on any atom is -0.293 e. The first-order valence-electron chi connectivity index (χ1n) is 8.51. The summed E-state index contributed by atoms with van der Waals surface area (Å²) in [5.41, 5.74) is 0. The molecule has 0 saturated heterocycles. The van der Waals surface area contributed by atoms with Gasteiger partial charge in [0.1, 0.15) is 0 Å². The van der Waals surface area contributed by atoms with Crippen LogP contribution >= 0.6 is 22.7 Å². The van der Waals surface area contributed by atoms with Gasteiger partial charge in [0.05, 0.1) is 4.88 Å². The molecule has 0 fully saturated rings. The number of unbranched alkanes of at least 4 members (excludes halogenated alkanes) is 6. The quantitative estimate of drug-likeness (QED) is 0.237. The molecule has 2 aromatic heterocycles. The van der Waals surface area contributed by atoms with Crippen LogP contribution in [0.4, 0.5) is 0 Å². The third-order valence-electron chi connectivity index (χ3n) is 3.93. The van der Waals surface area contributed by atoms with E-state index in [9.17, 15) is 4.79 Å². The summed E-state index contributed by atoms with van der Waals surface area (Å²) in [4.78, 5) is 17.0. The van der Waals surface area contributed by atoms with Gasteiger partial charge in [-0.25, -0.2) is 0 Å². The lowest BCUT2D eigenvalue weighted by Crippen LogP contribution is -1.95. The highest BCUT2D eigenvalue weighted by Gasteiger charge is 2.11. The summed E-state index contributed by atoms with van der Waals surface area (Å²) in [6.45, 7) is 5.86. The number of thiophene rings is 2. The molecule has 2 rings (SSSR count). The molecule has 0 N–H and O–H groups in total. The van der Waals surface area contributed by atoms with Gasteiger partial charge >= 0.3 is 0 Å². The van der Waals surface area contributed by atoms with Crippen molar-refractivity contribution in [2.45, 2.75) is 58.3 Å². The average Bonchev–Trinajstić information content (AvgIpc) is 3.18. The minimum atomic E-state index is 0.307. The molecular formula is C20H26OS2. The molecule has 3 heteroatoms. The molecular weight excluding hydrogens is 320 g/mol. The number of carbonyl (C=O) groups is 1. The first kappa shape index (κ1) is 18.2. The second kappa shape index (κ2) is 9.84. The van der Waals surface area contributed by atoms with Crippen molar-refractivity contribution in [2.75, 3.05) is 0 Å². The summed E-state index contributed by atoms with van der Waals surface area (Å²) in [5.74, 6) is 0.307. The largest absolute Gasteiger partial charge is 0.293 e. The molecule has 124 valence electrons. The second-order valence-electron chi connectivity index (χ2n) is 5.95. The maximum atomic E-state index is 12.3. The van der Waals surface area contributed by atoms with Gasteiger partial charge in [0, 0.05) is 21.1 Å². The van der Waals surface area contributed by atoms with Gasteiger partial charge < -0.3 is 0 Å². The van der Waals surface area contributed by atoms with Crippen molar-refractivity contribution in [3.8, 4) is 9.75 Å². The first-order chi connectivity index (χ1) is 11.2. The van der Waals surface area contributed by atoms with Crippen LogP contribution in [0.5, 0.6) is 0 Å². The van der Waals surface area contributed by atoms with E-state index in [-0.39, 0.29) is 0 Å². The van der Waals surface area contributed by atoms with Gasteiger partial charge in [-0.3, -0.25) is 4.79 Å². The number of allylic oxidation sites excluding steroid dienone is 1. The Hall–Kier alpha value is -1.19. The molecule has 23 heavy (non-hydrogen) atoms. The Morgan fingerprint density at radius 2 is 1.61 bits per heavy atom. The highest BCUT2D eigenvalue weighted by molar-refractivity contribution is 7.23.